The molecule has 6 nitrogen and oxygen atoms in total. The summed E-state index contributed by atoms with van der Waals surface area (Å²) in [5.74, 6) is 0.728. The summed E-state index contributed by atoms with van der Waals surface area (Å²) in [6.07, 6.45) is 1.41. The van der Waals surface area contributed by atoms with Crippen LogP contribution in [-0.4, -0.2) is 33.1 Å². The van der Waals surface area contributed by atoms with Crippen LogP contribution in [0.3, 0.4) is 0 Å². The third-order valence-corrected chi connectivity index (χ3v) is 3.11. The minimum absolute atomic E-state index is 0.0589. The predicted molar refractivity (Wildman–Crippen MR) is 89.8 cm³/mol. The highest BCUT2D eigenvalue weighted by Gasteiger charge is 2.10. The number of ether oxygens (including phenoxy) is 3. The SMILES string of the molecule is COc1cc(/C=N/OCCOc2ccc(C#N)cc2)ccc1OC(F)F. The molecule has 26 heavy (non-hydrogen) atoms. The van der Waals surface area contributed by atoms with Crippen LogP contribution in [0.5, 0.6) is 17.2 Å². The van der Waals surface area contributed by atoms with Crippen LogP contribution in [0.1, 0.15) is 11.1 Å². The van der Waals surface area contributed by atoms with Crippen molar-refractivity contribution >= 4 is 6.21 Å². The Morgan fingerprint density at radius 2 is 1.88 bits per heavy atom. The average molecular weight is 362 g/mol. The average Bonchev–Trinajstić information content (AvgIpc) is 2.65. The molecule has 0 amide bonds. The summed E-state index contributed by atoms with van der Waals surface area (Å²) in [6, 6.07) is 13.1. The number of methoxy groups -OCH3 is 1. The van der Waals surface area contributed by atoms with Gasteiger partial charge in [-0.05, 0) is 42.5 Å². The van der Waals surface area contributed by atoms with Gasteiger partial charge < -0.3 is 19.0 Å². The highest BCUT2D eigenvalue weighted by Crippen LogP contribution is 2.28. The monoisotopic (exact) mass is 362 g/mol. The third kappa shape index (κ3) is 5.94. The Bertz CT molecular complexity index is 774. The molecule has 0 aliphatic heterocycles. The lowest BCUT2D eigenvalue weighted by molar-refractivity contribution is -0.0512. The van der Waals surface area contributed by atoms with E-state index in [1.54, 1.807) is 30.3 Å². The summed E-state index contributed by atoms with van der Waals surface area (Å²) in [7, 11) is 1.35. The van der Waals surface area contributed by atoms with Gasteiger partial charge in [-0.1, -0.05) is 5.16 Å². The summed E-state index contributed by atoms with van der Waals surface area (Å²) in [5, 5.41) is 12.5. The molecule has 0 fully saturated rings. The van der Waals surface area contributed by atoms with Crippen molar-refractivity contribution in [1.29, 1.82) is 5.26 Å². The van der Waals surface area contributed by atoms with E-state index in [-0.39, 0.29) is 24.7 Å². The fourth-order valence-corrected chi connectivity index (χ4v) is 1.93. The van der Waals surface area contributed by atoms with Crippen LogP contribution in [0, 0.1) is 11.3 Å². The van der Waals surface area contributed by atoms with E-state index in [1.165, 1.54) is 25.5 Å². The molecule has 0 aliphatic carbocycles. The van der Waals surface area contributed by atoms with Gasteiger partial charge in [0.15, 0.2) is 18.1 Å². The van der Waals surface area contributed by atoms with Gasteiger partial charge in [-0.25, -0.2) is 0 Å². The number of nitrogens with zero attached hydrogens (tertiary/aromatic N) is 2. The van der Waals surface area contributed by atoms with Crippen LogP contribution in [0.25, 0.3) is 0 Å². The number of hydrogen-bond donors (Lipinski definition) is 0. The van der Waals surface area contributed by atoms with Gasteiger partial charge in [0.2, 0.25) is 0 Å². The summed E-state index contributed by atoms with van der Waals surface area (Å²) in [4.78, 5) is 5.07. The van der Waals surface area contributed by atoms with Gasteiger partial charge in [-0.3, -0.25) is 0 Å². The molecule has 0 atom stereocenters. The van der Waals surface area contributed by atoms with Crippen LogP contribution < -0.4 is 14.2 Å². The van der Waals surface area contributed by atoms with E-state index in [1.807, 2.05) is 6.07 Å². The van der Waals surface area contributed by atoms with Gasteiger partial charge in [0.1, 0.15) is 12.4 Å². The van der Waals surface area contributed by atoms with Gasteiger partial charge in [-0.2, -0.15) is 14.0 Å². The van der Waals surface area contributed by atoms with Crippen molar-refractivity contribution in [1.82, 2.24) is 0 Å². The van der Waals surface area contributed by atoms with E-state index >= 15 is 0 Å². The normalized spacial score (nSPS) is 10.6. The van der Waals surface area contributed by atoms with Crippen molar-refractivity contribution in [2.45, 2.75) is 6.61 Å². The quantitative estimate of drug-likeness (QED) is 0.387. The second kappa shape index (κ2) is 9.84. The van der Waals surface area contributed by atoms with E-state index < -0.39 is 6.61 Å². The number of rotatable bonds is 9. The minimum atomic E-state index is -2.93. The molecule has 0 aromatic heterocycles. The zero-order valence-corrected chi connectivity index (χ0v) is 13.9. The minimum Gasteiger partial charge on any atom is -0.493 e. The zero-order valence-electron chi connectivity index (χ0n) is 13.9. The van der Waals surface area contributed by atoms with Gasteiger partial charge >= 0.3 is 6.61 Å². The highest BCUT2D eigenvalue weighted by atomic mass is 19.3. The molecule has 0 saturated carbocycles. The Morgan fingerprint density at radius 1 is 1.12 bits per heavy atom. The molecule has 2 aromatic carbocycles. The van der Waals surface area contributed by atoms with Crippen LogP contribution in [0.2, 0.25) is 0 Å². The van der Waals surface area contributed by atoms with E-state index in [9.17, 15) is 8.78 Å². The second-order valence-corrected chi connectivity index (χ2v) is 4.84. The zero-order chi connectivity index (χ0) is 18.8. The molecule has 2 rings (SSSR count). The molecule has 0 radical (unpaired) electrons. The molecular formula is C18H16F2N2O4. The smallest absolute Gasteiger partial charge is 0.387 e. The van der Waals surface area contributed by atoms with Crippen LogP contribution >= 0.6 is 0 Å². The molecule has 0 saturated heterocycles. The lowest BCUT2D eigenvalue weighted by atomic mass is 10.2. The van der Waals surface area contributed by atoms with Crippen LogP contribution in [-0.2, 0) is 4.84 Å². The number of alkyl halides is 2. The van der Waals surface area contributed by atoms with Crippen molar-refractivity contribution in [3.63, 3.8) is 0 Å². The first kappa shape index (κ1) is 19.0. The van der Waals surface area contributed by atoms with Crippen molar-refractivity contribution in [3.8, 4) is 23.3 Å². The highest BCUT2D eigenvalue weighted by molar-refractivity contribution is 5.80. The fourth-order valence-electron chi connectivity index (χ4n) is 1.93. The summed E-state index contributed by atoms with van der Waals surface area (Å²) < 4.78 is 39.3. The molecule has 2 aromatic rings. The molecule has 0 heterocycles. The van der Waals surface area contributed by atoms with Crippen molar-refractivity contribution in [3.05, 3.63) is 53.6 Å². The first-order valence-corrected chi connectivity index (χ1v) is 7.53. The van der Waals surface area contributed by atoms with E-state index in [0.717, 1.165) is 0 Å². The second-order valence-electron chi connectivity index (χ2n) is 4.84. The number of benzene rings is 2. The Labute approximate surface area is 149 Å². The van der Waals surface area contributed by atoms with Crippen molar-refractivity contribution in [2.75, 3.05) is 20.3 Å². The third-order valence-electron chi connectivity index (χ3n) is 3.11. The van der Waals surface area contributed by atoms with Crippen molar-refractivity contribution in [2.24, 2.45) is 5.16 Å². The van der Waals surface area contributed by atoms with Gasteiger partial charge in [0, 0.05) is 5.56 Å². The molecule has 0 unspecified atom stereocenters. The maximum atomic E-state index is 12.3. The van der Waals surface area contributed by atoms with Gasteiger partial charge in [0.05, 0.1) is 25.0 Å². The Balaban J connectivity index is 1.78. The van der Waals surface area contributed by atoms with E-state index in [0.29, 0.717) is 16.9 Å². The molecular weight excluding hydrogens is 346 g/mol. The predicted octanol–water partition coefficient (Wildman–Crippen LogP) is 3.60. The topological polar surface area (TPSA) is 73.1 Å². The summed E-state index contributed by atoms with van der Waals surface area (Å²) >= 11 is 0. The Kier molecular flexibility index (Phi) is 7.18. The number of hydrogen-bond acceptors (Lipinski definition) is 6. The van der Waals surface area contributed by atoms with Crippen molar-refractivity contribution < 1.29 is 27.8 Å². The van der Waals surface area contributed by atoms with Gasteiger partial charge in [-0.15, -0.1) is 0 Å². The molecule has 0 spiro atoms. The Morgan fingerprint density at radius 3 is 2.54 bits per heavy atom. The molecule has 0 aliphatic rings. The van der Waals surface area contributed by atoms with E-state index in [2.05, 4.69) is 9.89 Å². The maximum Gasteiger partial charge on any atom is 0.387 e. The summed E-state index contributed by atoms with van der Waals surface area (Å²) in [6.45, 7) is -2.45. The largest absolute Gasteiger partial charge is 0.493 e. The molecule has 0 N–H and O–H groups in total. The first-order chi connectivity index (χ1) is 12.6. The Hall–Kier alpha value is -3.34. The standard InChI is InChI=1S/C18H16F2N2O4/c1-23-17-10-14(4-7-16(17)26-18(19)20)12-22-25-9-8-24-15-5-2-13(11-21)3-6-15/h2-7,10,12,18H,8-9H2,1H3/b22-12+. The molecule has 0 bridgehead atoms. The first-order valence-electron chi connectivity index (χ1n) is 7.53. The number of oxime groups is 1. The molecule has 8 heteroatoms. The molecule has 136 valence electrons. The summed E-state index contributed by atoms with van der Waals surface area (Å²) in [5.41, 5.74) is 1.15. The fraction of sp³-hybridized carbons (Fsp3) is 0.222. The van der Waals surface area contributed by atoms with E-state index in [4.69, 9.17) is 19.6 Å². The van der Waals surface area contributed by atoms with Gasteiger partial charge in [0.25, 0.3) is 0 Å². The lowest BCUT2D eigenvalue weighted by Crippen LogP contribution is -2.04. The maximum absolute atomic E-state index is 12.3. The van der Waals surface area contributed by atoms with Crippen LogP contribution in [0.4, 0.5) is 8.78 Å². The number of halogens is 2. The van der Waals surface area contributed by atoms with Crippen LogP contribution in [0.15, 0.2) is 47.6 Å². The lowest BCUT2D eigenvalue weighted by Gasteiger charge is -2.09. The number of nitriles is 1.